The first-order valence-corrected chi connectivity index (χ1v) is 8.54. The molecule has 3 N–H and O–H groups in total. The van der Waals surface area contributed by atoms with E-state index in [0.29, 0.717) is 17.8 Å². The number of hydrogen-bond acceptors (Lipinski definition) is 2. The lowest BCUT2D eigenvalue weighted by atomic mass is 9.61. The summed E-state index contributed by atoms with van der Waals surface area (Å²) in [6.07, 6.45) is 12.6. The molecule has 2 aliphatic carbocycles. The minimum absolute atomic E-state index is 0.0568. The average Bonchev–Trinajstić information content (AvgIpc) is 2.47. The number of rotatable bonds is 4. The lowest BCUT2D eigenvalue weighted by Gasteiger charge is -2.50. The predicted octanol–water partition coefficient (Wildman–Crippen LogP) is 3.86. The first-order chi connectivity index (χ1) is 9.06. The Balaban J connectivity index is 2.19. The highest BCUT2D eigenvalue weighted by atomic mass is 16.3. The van der Waals surface area contributed by atoms with E-state index in [4.69, 9.17) is 5.73 Å². The highest BCUT2D eigenvalue weighted by Crippen LogP contribution is 2.45. The van der Waals surface area contributed by atoms with Crippen LogP contribution < -0.4 is 5.73 Å². The topological polar surface area (TPSA) is 46.2 Å². The van der Waals surface area contributed by atoms with Crippen LogP contribution in [0.3, 0.4) is 0 Å². The van der Waals surface area contributed by atoms with Crippen molar-refractivity contribution in [3.8, 4) is 0 Å². The minimum atomic E-state index is -0.602. The molecule has 2 saturated carbocycles. The smallest absolute Gasteiger partial charge is 0.0856 e. The van der Waals surface area contributed by atoms with Crippen LogP contribution >= 0.6 is 0 Å². The molecule has 0 heterocycles. The van der Waals surface area contributed by atoms with Gasteiger partial charge in [-0.15, -0.1) is 0 Å². The second kappa shape index (κ2) is 6.58. The molecule has 0 aromatic heterocycles. The minimum Gasteiger partial charge on any atom is -0.388 e. The highest BCUT2D eigenvalue weighted by Gasteiger charge is 2.48. The Hall–Kier alpha value is -0.0800. The van der Waals surface area contributed by atoms with E-state index in [0.717, 1.165) is 0 Å². The van der Waals surface area contributed by atoms with E-state index in [-0.39, 0.29) is 6.04 Å². The van der Waals surface area contributed by atoms with Crippen LogP contribution in [-0.2, 0) is 0 Å². The Labute approximate surface area is 119 Å². The van der Waals surface area contributed by atoms with Crippen molar-refractivity contribution in [2.75, 3.05) is 0 Å². The highest BCUT2D eigenvalue weighted by molar-refractivity contribution is 5.02. The van der Waals surface area contributed by atoms with Gasteiger partial charge in [0.1, 0.15) is 0 Å². The molecule has 1 atom stereocenters. The lowest BCUT2D eigenvalue weighted by Crippen LogP contribution is -2.60. The van der Waals surface area contributed by atoms with Crippen LogP contribution in [0.25, 0.3) is 0 Å². The van der Waals surface area contributed by atoms with Gasteiger partial charge in [-0.1, -0.05) is 52.4 Å². The summed E-state index contributed by atoms with van der Waals surface area (Å²) >= 11 is 0. The van der Waals surface area contributed by atoms with Crippen molar-refractivity contribution < 1.29 is 5.11 Å². The van der Waals surface area contributed by atoms with E-state index in [2.05, 4.69) is 13.8 Å². The zero-order valence-electron chi connectivity index (χ0n) is 12.9. The molecule has 2 rings (SSSR count). The second-order valence-electron chi connectivity index (χ2n) is 7.33. The molecule has 0 aliphatic heterocycles. The fourth-order valence-electron chi connectivity index (χ4n) is 4.54. The molecular weight excluding hydrogens is 234 g/mol. The van der Waals surface area contributed by atoms with Crippen LogP contribution in [0, 0.1) is 17.8 Å². The van der Waals surface area contributed by atoms with Gasteiger partial charge < -0.3 is 10.8 Å². The molecule has 1 unspecified atom stereocenters. The Morgan fingerprint density at radius 3 is 1.53 bits per heavy atom. The molecule has 112 valence electrons. The van der Waals surface area contributed by atoms with Gasteiger partial charge in [0, 0.05) is 6.04 Å². The molecular formula is C17H33NO. The lowest BCUT2D eigenvalue weighted by molar-refractivity contribution is -0.118. The van der Waals surface area contributed by atoms with Crippen molar-refractivity contribution >= 4 is 0 Å². The van der Waals surface area contributed by atoms with Crippen LogP contribution in [0.5, 0.6) is 0 Å². The van der Waals surface area contributed by atoms with Gasteiger partial charge in [-0.2, -0.15) is 0 Å². The predicted molar refractivity (Wildman–Crippen MR) is 80.9 cm³/mol. The summed E-state index contributed by atoms with van der Waals surface area (Å²) in [5, 5.41) is 11.6. The van der Waals surface area contributed by atoms with E-state index < -0.39 is 5.60 Å². The third-order valence-electron chi connectivity index (χ3n) is 5.77. The van der Waals surface area contributed by atoms with E-state index in [1.165, 1.54) is 64.2 Å². The first kappa shape index (κ1) is 15.3. The summed E-state index contributed by atoms with van der Waals surface area (Å²) in [4.78, 5) is 0. The average molecular weight is 267 g/mol. The molecule has 0 aromatic carbocycles. The molecule has 0 aromatic rings. The molecule has 2 nitrogen and oxygen atoms in total. The van der Waals surface area contributed by atoms with Crippen LogP contribution in [0.2, 0.25) is 0 Å². The summed E-state index contributed by atoms with van der Waals surface area (Å²) in [6.45, 7) is 4.34. The molecule has 2 heteroatoms. The quantitative estimate of drug-likeness (QED) is 0.812. The van der Waals surface area contributed by atoms with Crippen molar-refractivity contribution in [3.63, 3.8) is 0 Å². The van der Waals surface area contributed by atoms with Gasteiger partial charge in [-0.3, -0.25) is 0 Å². The van der Waals surface area contributed by atoms with Crippen LogP contribution in [0.1, 0.15) is 78.1 Å². The van der Waals surface area contributed by atoms with E-state index in [1.54, 1.807) is 0 Å². The van der Waals surface area contributed by atoms with Crippen molar-refractivity contribution in [1.82, 2.24) is 0 Å². The van der Waals surface area contributed by atoms with E-state index >= 15 is 0 Å². The molecule has 0 amide bonds. The third kappa shape index (κ3) is 3.16. The molecule has 0 bridgehead atoms. The van der Waals surface area contributed by atoms with Crippen LogP contribution in [0.15, 0.2) is 0 Å². The molecule has 0 saturated heterocycles. The molecule has 2 fully saturated rings. The maximum Gasteiger partial charge on any atom is 0.0856 e. The van der Waals surface area contributed by atoms with Crippen molar-refractivity contribution in [3.05, 3.63) is 0 Å². The second-order valence-corrected chi connectivity index (χ2v) is 7.33. The Morgan fingerprint density at radius 1 is 0.842 bits per heavy atom. The molecule has 0 radical (unpaired) electrons. The van der Waals surface area contributed by atoms with Gasteiger partial charge in [-0.05, 0) is 43.4 Å². The largest absolute Gasteiger partial charge is 0.388 e. The van der Waals surface area contributed by atoms with Gasteiger partial charge in [0.25, 0.3) is 0 Å². The number of aliphatic hydroxyl groups is 1. The van der Waals surface area contributed by atoms with Gasteiger partial charge in [0.2, 0.25) is 0 Å². The van der Waals surface area contributed by atoms with Crippen LogP contribution in [-0.4, -0.2) is 16.7 Å². The summed E-state index contributed by atoms with van der Waals surface area (Å²) in [7, 11) is 0. The van der Waals surface area contributed by atoms with E-state index in [1.807, 2.05) is 0 Å². The normalized spacial score (nSPS) is 25.7. The number of nitrogens with two attached hydrogens (primary N) is 1. The van der Waals surface area contributed by atoms with Gasteiger partial charge in [0.15, 0.2) is 0 Å². The zero-order valence-corrected chi connectivity index (χ0v) is 12.9. The third-order valence-corrected chi connectivity index (χ3v) is 5.77. The summed E-state index contributed by atoms with van der Waals surface area (Å²) in [5.41, 5.74) is 5.90. The number of hydrogen-bond donors (Lipinski definition) is 2. The summed E-state index contributed by atoms with van der Waals surface area (Å²) < 4.78 is 0. The van der Waals surface area contributed by atoms with Crippen molar-refractivity contribution in [2.24, 2.45) is 23.5 Å². The van der Waals surface area contributed by atoms with Crippen molar-refractivity contribution in [1.29, 1.82) is 0 Å². The SMILES string of the molecule is CC(C)C(N)C(O)(C1CCCCC1)C1CCCCC1. The van der Waals surface area contributed by atoms with Gasteiger partial charge in [-0.25, -0.2) is 0 Å². The van der Waals surface area contributed by atoms with Gasteiger partial charge in [0.05, 0.1) is 5.60 Å². The zero-order chi connectivity index (χ0) is 13.9. The molecule has 19 heavy (non-hydrogen) atoms. The molecule has 0 spiro atoms. The fraction of sp³-hybridized carbons (Fsp3) is 1.00. The first-order valence-electron chi connectivity index (χ1n) is 8.54. The fourth-order valence-corrected chi connectivity index (χ4v) is 4.54. The monoisotopic (exact) mass is 267 g/mol. The Bertz CT molecular complexity index is 246. The Morgan fingerprint density at radius 2 is 1.21 bits per heavy atom. The summed E-state index contributed by atoms with van der Waals surface area (Å²) in [5.74, 6) is 1.26. The van der Waals surface area contributed by atoms with Crippen molar-refractivity contribution in [2.45, 2.75) is 89.7 Å². The maximum absolute atomic E-state index is 11.6. The maximum atomic E-state index is 11.6. The van der Waals surface area contributed by atoms with Gasteiger partial charge >= 0.3 is 0 Å². The summed E-state index contributed by atoms with van der Waals surface area (Å²) in [6, 6.07) is -0.0568. The molecule has 2 aliphatic rings. The Kier molecular flexibility index (Phi) is 5.30. The van der Waals surface area contributed by atoms with E-state index in [9.17, 15) is 5.11 Å². The van der Waals surface area contributed by atoms with Crippen LogP contribution in [0.4, 0.5) is 0 Å². The standard InChI is InChI=1S/C17H33NO/c1-13(2)16(18)17(19,14-9-5-3-6-10-14)15-11-7-4-8-12-15/h13-16,19H,3-12,18H2,1-2H3.